The first-order valence-corrected chi connectivity index (χ1v) is 8.81. The van der Waals surface area contributed by atoms with Crippen LogP contribution in [-0.2, 0) is 26.2 Å². The molecule has 0 bridgehead atoms. The Labute approximate surface area is 145 Å². The van der Waals surface area contributed by atoms with Gasteiger partial charge in [-0.15, -0.1) is 0 Å². The molecular weight excluding hydrogens is 300 g/mol. The first-order valence-electron chi connectivity index (χ1n) is 8.81. The van der Waals surface area contributed by atoms with Crippen LogP contribution in [0.4, 0.5) is 0 Å². The Kier molecular flexibility index (Phi) is 7.28. The lowest BCUT2D eigenvalue weighted by molar-refractivity contribution is 0.289. The van der Waals surface area contributed by atoms with Crippen LogP contribution in [0.2, 0.25) is 0 Å². The van der Waals surface area contributed by atoms with E-state index in [9.17, 15) is 0 Å². The molecule has 0 amide bonds. The van der Waals surface area contributed by atoms with Gasteiger partial charge < -0.3 is 10.1 Å². The van der Waals surface area contributed by atoms with Crippen LogP contribution in [0.3, 0.4) is 0 Å². The van der Waals surface area contributed by atoms with Gasteiger partial charge in [0.2, 0.25) is 0 Å². The van der Waals surface area contributed by atoms with E-state index in [1.807, 2.05) is 10.9 Å². The second kappa shape index (κ2) is 9.45. The van der Waals surface area contributed by atoms with E-state index < -0.39 is 0 Å². The number of methoxy groups -OCH3 is 1. The van der Waals surface area contributed by atoms with Gasteiger partial charge >= 0.3 is 0 Å². The molecule has 1 aromatic heterocycles. The Hall–Kier alpha value is -1.85. The maximum Gasteiger partial charge on any atom is 0.123 e. The van der Waals surface area contributed by atoms with Crippen molar-refractivity contribution in [2.24, 2.45) is 0 Å². The molecule has 0 radical (unpaired) electrons. The number of ether oxygens (including phenoxy) is 1. The maximum absolute atomic E-state index is 5.53. The molecule has 1 N–H and O–H groups in total. The number of aromatic nitrogens is 2. The lowest BCUT2D eigenvalue weighted by Crippen LogP contribution is -2.22. The molecule has 2 aromatic rings. The Morgan fingerprint density at radius 2 is 1.92 bits per heavy atom. The van der Waals surface area contributed by atoms with E-state index in [0.717, 1.165) is 45.0 Å². The lowest BCUT2D eigenvalue weighted by Gasteiger charge is -2.20. The highest BCUT2D eigenvalue weighted by molar-refractivity contribution is 5.37. The molecule has 24 heavy (non-hydrogen) atoms. The molecule has 5 heteroatoms. The minimum Gasteiger partial charge on any atom is -0.496 e. The normalized spacial score (nSPS) is 11.2. The zero-order valence-corrected chi connectivity index (χ0v) is 15.4. The maximum atomic E-state index is 5.53. The van der Waals surface area contributed by atoms with Gasteiger partial charge in [-0.2, -0.15) is 5.10 Å². The van der Waals surface area contributed by atoms with Crippen LogP contribution in [0.15, 0.2) is 30.5 Å². The summed E-state index contributed by atoms with van der Waals surface area (Å²) in [6.07, 6.45) is 1.86. The summed E-state index contributed by atoms with van der Waals surface area (Å²) in [5.74, 6) is 0.967. The summed E-state index contributed by atoms with van der Waals surface area (Å²) in [6.45, 7) is 12.1. The van der Waals surface area contributed by atoms with Gasteiger partial charge in [0.1, 0.15) is 5.75 Å². The van der Waals surface area contributed by atoms with Gasteiger partial charge in [-0.1, -0.05) is 19.9 Å². The first kappa shape index (κ1) is 18.5. The van der Waals surface area contributed by atoms with E-state index in [4.69, 9.17) is 4.74 Å². The van der Waals surface area contributed by atoms with Crippen molar-refractivity contribution in [3.8, 4) is 5.75 Å². The molecule has 0 aliphatic heterocycles. The Morgan fingerprint density at radius 3 is 2.58 bits per heavy atom. The van der Waals surface area contributed by atoms with Crippen LogP contribution in [0, 0.1) is 0 Å². The molecule has 0 fully saturated rings. The third-order valence-electron chi connectivity index (χ3n) is 4.37. The van der Waals surface area contributed by atoms with Crippen molar-refractivity contribution in [3.63, 3.8) is 0 Å². The van der Waals surface area contributed by atoms with E-state index in [0.29, 0.717) is 0 Å². The fraction of sp³-hybridized carbons (Fsp3) is 0.526. The van der Waals surface area contributed by atoms with Crippen molar-refractivity contribution in [3.05, 3.63) is 47.3 Å². The van der Waals surface area contributed by atoms with Gasteiger partial charge in [0.15, 0.2) is 0 Å². The van der Waals surface area contributed by atoms with Gasteiger partial charge in [0.25, 0.3) is 0 Å². The van der Waals surface area contributed by atoms with Crippen molar-refractivity contribution < 1.29 is 4.74 Å². The second-order valence-electron chi connectivity index (χ2n) is 5.85. The number of aryl methyl sites for hydroxylation is 1. The van der Waals surface area contributed by atoms with Crippen molar-refractivity contribution in [2.45, 2.75) is 47.0 Å². The van der Waals surface area contributed by atoms with E-state index in [2.05, 4.69) is 60.4 Å². The van der Waals surface area contributed by atoms with Gasteiger partial charge in [0.05, 0.1) is 12.8 Å². The Bertz CT molecular complexity index is 620. The number of nitrogens with zero attached hydrogens (tertiary/aromatic N) is 3. The van der Waals surface area contributed by atoms with Crippen LogP contribution >= 0.6 is 0 Å². The molecule has 0 unspecified atom stereocenters. The second-order valence-corrected chi connectivity index (χ2v) is 5.85. The molecule has 1 heterocycles. The average Bonchev–Trinajstić information content (AvgIpc) is 3.07. The fourth-order valence-corrected chi connectivity index (χ4v) is 2.88. The molecular formula is C19H30N4O. The summed E-state index contributed by atoms with van der Waals surface area (Å²) < 4.78 is 7.55. The third kappa shape index (κ3) is 4.82. The van der Waals surface area contributed by atoms with E-state index in [-0.39, 0.29) is 0 Å². The molecule has 132 valence electrons. The predicted octanol–water partition coefficient (Wildman–Crippen LogP) is 3.04. The molecule has 0 aliphatic carbocycles. The minimum atomic E-state index is 0.825. The summed E-state index contributed by atoms with van der Waals surface area (Å²) in [7, 11) is 1.74. The zero-order chi connectivity index (χ0) is 17.4. The highest BCUT2D eigenvalue weighted by Crippen LogP contribution is 2.21. The van der Waals surface area contributed by atoms with Crippen LogP contribution in [-0.4, -0.2) is 34.9 Å². The van der Waals surface area contributed by atoms with Crippen molar-refractivity contribution in [1.29, 1.82) is 0 Å². The average molecular weight is 330 g/mol. The molecule has 1 aromatic carbocycles. The van der Waals surface area contributed by atoms with Gasteiger partial charge in [-0.05, 0) is 43.8 Å². The predicted molar refractivity (Wildman–Crippen MR) is 98.1 cm³/mol. The molecule has 0 saturated carbocycles. The summed E-state index contributed by atoms with van der Waals surface area (Å²) in [4.78, 5) is 2.40. The SMILES string of the molecule is CCN(CC)Cc1cc(CNCc2ccnn2CC)ccc1OC. The van der Waals surface area contributed by atoms with Gasteiger partial charge in [0, 0.05) is 37.9 Å². The van der Waals surface area contributed by atoms with Crippen LogP contribution in [0.1, 0.15) is 37.6 Å². The van der Waals surface area contributed by atoms with E-state index >= 15 is 0 Å². The van der Waals surface area contributed by atoms with Crippen LogP contribution in [0.5, 0.6) is 5.75 Å². The zero-order valence-electron chi connectivity index (χ0n) is 15.4. The summed E-state index contributed by atoms with van der Waals surface area (Å²) >= 11 is 0. The van der Waals surface area contributed by atoms with Crippen molar-refractivity contribution >= 4 is 0 Å². The minimum absolute atomic E-state index is 0.825. The molecule has 2 rings (SSSR count). The van der Waals surface area contributed by atoms with Gasteiger partial charge in [-0.3, -0.25) is 9.58 Å². The number of hydrogen-bond donors (Lipinski definition) is 1. The molecule has 0 spiro atoms. The highest BCUT2D eigenvalue weighted by atomic mass is 16.5. The van der Waals surface area contributed by atoms with Crippen LogP contribution < -0.4 is 10.1 Å². The molecule has 0 saturated heterocycles. The lowest BCUT2D eigenvalue weighted by atomic mass is 10.1. The number of benzene rings is 1. The topological polar surface area (TPSA) is 42.3 Å². The monoisotopic (exact) mass is 330 g/mol. The quantitative estimate of drug-likeness (QED) is 0.727. The molecule has 5 nitrogen and oxygen atoms in total. The smallest absolute Gasteiger partial charge is 0.123 e. The molecule has 0 atom stereocenters. The third-order valence-corrected chi connectivity index (χ3v) is 4.37. The number of nitrogens with one attached hydrogen (secondary N) is 1. The number of rotatable bonds is 10. The van der Waals surface area contributed by atoms with E-state index in [1.54, 1.807) is 7.11 Å². The number of hydrogen-bond acceptors (Lipinski definition) is 4. The van der Waals surface area contributed by atoms with Crippen molar-refractivity contribution in [2.75, 3.05) is 20.2 Å². The Balaban J connectivity index is 2.00. The summed E-state index contributed by atoms with van der Waals surface area (Å²) in [5, 5.41) is 7.81. The first-order chi connectivity index (χ1) is 11.7. The highest BCUT2D eigenvalue weighted by Gasteiger charge is 2.08. The van der Waals surface area contributed by atoms with Gasteiger partial charge in [-0.25, -0.2) is 0 Å². The molecule has 0 aliphatic rings. The Morgan fingerprint density at radius 1 is 1.12 bits per heavy atom. The summed E-state index contributed by atoms with van der Waals surface area (Å²) in [5.41, 5.74) is 3.74. The summed E-state index contributed by atoms with van der Waals surface area (Å²) in [6, 6.07) is 8.53. The van der Waals surface area contributed by atoms with E-state index in [1.165, 1.54) is 16.8 Å². The standard InChI is InChI=1S/C19H30N4O/c1-5-22(6-2)15-17-12-16(8-9-19(17)24-4)13-20-14-18-10-11-21-23(18)7-3/h8-12,20H,5-7,13-15H2,1-4H3. The van der Waals surface area contributed by atoms with Crippen molar-refractivity contribution in [1.82, 2.24) is 20.0 Å². The fourth-order valence-electron chi connectivity index (χ4n) is 2.88. The largest absolute Gasteiger partial charge is 0.496 e. The van der Waals surface area contributed by atoms with Crippen LogP contribution in [0.25, 0.3) is 0 Å².